The van der Waals surface area contributed by atoms with E-state index in [1.807, 2.05) is 0 Å². The van der Waals surface area contributed by atoms with E-state index in [1.165, 1.54) is 43.3 Å². The van der Waals surface area contributed by atoms with E-state index >= 15 is 0 Å². The zero-order valence-corrected chi connectivity index (χ0v) is 24.2. The van der Waals surface area contributed by atoms with Crippen LogP contribution in [0.4, 0.5) is 10.5 Å². The molecule has 1 fully saturated rings. The van der Waals surface area contributed by atoms with Gasteiger partial charge in [0.25, 0.3) is 11.1 Å². The van der Waals surface area contributed by atoms with E-state index in [1.54, 1.807) is 36.4 Å². The van der Waals surface area contributed by atoms with Gasteiger partial charge < -0.3 is 14.2 Å². The smallest absolute Gasteiger partial charge is 0.339 e. The molecule has 0 bridgehead atoms. The summed E-state index contributed by atoms with van der Waals surface area (Å²) in [6.07, 6.45) is 1.54. The van der Waals surface area contributed by atoms with Gasteiger partial charge in [0.2, 0.25) is 5.91 Å². The Morgan fingerprint density at radius 1 is 1.08 bits per heavy atom. The highest BCUT2D eigenvalue weighted by Crippen LogP contribution is 2.34. The summed E-state index contributed by atoms with van der Waals surface area (Å²) in [6.45, 7) is 1.54. The number of thioether (sulfide) groups is 1. The summed E-state index contributed by atoms with van der Waals surface area (Å²) in [5.41, 5.74) is 1.000. The Hall–Kier alpha value is -3.32. The maximum atomic E-state index is 12.8. The fraction of sp³-hybridized carbons (Fsp3) is 0.115. The summed E-state index contributed by atoms with van der Waals surface area (Å²) in [6, 6.07) is 16.8. The number of hydrogen-bond acceptors (Lipinski definition) is 8. The minimum absolute atomic E-state index is 0.0329. The normalized spacial score (nSPS) is 14.5. The second kappa shape index (κ2) is 12.2. The number of nitrogens with one attached hydrogen (secondary N) is 1. The number of anilines is 1. The molecule has 0 aliphatic carbocycles. The van der Waals surface area contributed by atoms with Gasteiger partial charge in [0.15, 0.2) is 5.75 Å². The van der Waals surface area contributed by atoms with Gasteiger partial charge in [-0.2, -0.15) is 8.42 Å². The predicted octanol–water partition coefficient (Wildman–Crippen LogP) is 5.94. The third-order valence-corrected chi connectivity index (χ3v) is 8.21. The highest BCUT2D eigenvalue weighted by molar-refractivity contribution is 9.10. The molecule has 0 aromatic heterocycles. The molecule has 0 spiro atoms. The number of ether oxygens (including phenoxy) is 1. The molecule has 0 unspecified atom stereocenters. The Morgan fingerprint density at radius 2 is 1.77 bits per heavy atom. The monoisotopic (exact) mass is 650 g/mol. The average molecular weight is 652 g/mol. The Labute approximate surface area is 242 Å². The largest absolute Gasteiger partial charge is 0.492 e. The molecule has 4 rings (SSSR count). The van der Waals surface area contributed by atoms with Crippen LogP contribution in [-0.2, 0) is 19.7 Å². The maximum Gasteiger partial charge on any atom is 0.339 e. The fourth-order valence-electron chi connectivity index (χ4n) is 3.38. The van der Waals surface area contributed by atoms with Crippen molar-refractivity contribution < 1.29 is 31.7 Å². The molecule has 0 saturated carbocycles. The standard InChI is InChI=1S/C26H20BrClN2O7S2/c1-16(31)29-19-5-9-21(10-6-19)39(34,35)37-23-11-2-17(14-22(23)27)15-24-25(32)30(26(33)38-24)12-13-36-20-7-3-18(28)4-8-20/h2-11,14-15H,12-13H2,1H3,(H,29,31)/b24-15-. The summed E-state index contributed by atoms with van der Waals surface area (Å²) in [7, 11) is -4.16. The van der Waals surface area contributed by atoms with Crippen LogP contribution in [0.2, 0.25) is 5.02 Å². The van der Waals surface area contributed by atoms with Crippen LogP contribution in [-0.4, -0.2) is 43.5 Å². The SMILES string of the molecule is CC(=O)Nc1ccc(S(=O)(=O)Oc2ccc(/C=C3\SC(=O)N(CCOc4ccc(Cl)cc4)C3=O)cc2Br)cc1. The van der Waals surface area contributed by atoms with E-state index in [0.29, 0.717) is 26.5 Å². The van der Waals surface area contributed by atoms with Crippen molar-refractivity contribution in [2.24, 2.45) is 0 Å². The van der Waals surface area contributed by atoms with Crippen LogP contribution in [0.25, 0.3) is 6.08 Å². The molecule has 9 nitrogen and oxygen atoms in total. The summed E-state index contributed by atoms with van der Waals surface area (Å²) >= 11 is 9.95. The zero-order valence-electron chi connectivity index (χ0n) is 20.2. The number of hydrogen-bond donors (Lipinski definition) is 1. The van der Waals surface area contributed by atoms with Crippen molar-refractivity contribution in [3.8, 4) is 11.5 Å². The molecular weight excluding hydrogens is 632 g/mol. The second-order valence-corrected chi connectivity index (χ2v) is 11.9. The van der Waals surface area contributed by atoms with E-state index in [-0.39, 0.29) is 34.6 Å². The molecule has 1 N–H and O–H groups in total. The molecular formula is C26H20BrClN2O7S2. The van der Waals surface area contributed by atoms with Crippen LogP contribution in [0.1, 0.15) is 12.5 Å². The third kappa shape index (κ3) is 7.41. The van der Waals surface area contributed by atoms with Gasteiger partial charge in [-0.3, -0.25) is 19.3 Å². The van der Waals surface area contributed by atoms with Gasteiger partial charge in [-0.25, -0.2) is 0 Å². The molecule has 3 amide bonds. The Bertz CT molecular complexity index is 1560. The van der Waals surface area contributed by atoms with Crippen molar-refractivity contribution in [1.82, 2.24) is 4.90 Å². The number of benzene rings is 3. The average Bonchev–Trinajstić information content (AvgIpc) is 3.14. The molecule has 0 atom stereocenters. The topological polar surface area (TPSA) is 119 Å². The molecule has 13 heteroatoms. The number of rotatable bonds is 9. The molecule has 1 aliphatic rings. The molecule has 3 aromatic rings. The lowest BCUT2D eigenvalue weighted by molar-refractivity contribution is -0.123. The van der Waals surface area contributed by atoms with Gasteiger partial charge in [0.05, 0.1) is 15.9 Å². The number of amides is 3. The minimum Gasteiger partial charge on any atom is -0.492 e. The highest BCUT2D eigenvalue weighted by Gasteiger charge is 2.34. The molecule has 1 aliphatic heterocycles. The van der Waals surface area contributed by atoms with E-state index in [2.05, 4.69) is 21.2 Å². The maximum absolute atomic E-state index is 12.8. The Kier molecular flexibility index (Phi) is 9.01. The van der Waals surface area contributed by atoms with Crippen molar-refractivity contribution >= 4 is 78.2 Å². The van der Waals surface area contributed by atoms with E-state index in [9.17, 15) is 22.8 Å². The number of carbonyl (C=O) groups excluding carboxylic acids is 3. The van der Waals surface area contributed by atoms with Crippen LogP contribution in [0.3, 0.4) is 0 Å². The Balaban J connectivity index is 1.40. The van der Waals surface area contributed by atoms with Crippen LogP contribution < -0.4 is 14.2 Å². The lowest BCUT2D eigenvalue weighted by atomic mass is 10.2. The second-order valence-electron chi connectivity index (χ2n) is 8.07. The first-order chi connectivity index (χ1) is 18.5. The van der Waals surface area contributed by atoms with Crippen LogP contribution in [0.5, 0.6) is 11.5 Å². The summed E-state index contributed by atoms with van der Waals surface area (Å²) in [5.74, 6) is -0.131. The molecule has 1 heterocycles. The van der Waals surface area contributed by atoms with Gasteiger partial charge in [-0.15, -0.1) is 0 Å². The van der Waals surface area contributed by atoms with Crippen LogP contribution >= 0.6 is 39.3 Å². The van der Waals surface area contributed by atoms with Gasteiger partial charge >= 0.3 is 10.1 Å². The molecule has 202 valence electrons. The first-order valence-electron chi connectivity index (χ1n) is 11.3. The van der Waals surface area contributed by atoms with E-state index in [0.717, 1.165) is 16.7 Å². The molecule has 1 saturated heterocycles. The molecule has 3 aromatic carbocycles. The molecule has 0 radical (unpaired) electrons. The Morgan fingerprint density at radius 3 is 2.41 bits per heavy atom. The first kappa shape index (κ1) is 28.7. The van der Waals surface area contributed by atoms with Gasteiger partial charge in [0.1, 0.15) is 17.3 Å². The molecule has 39 heavy (non-hydrogen) atoms. The van der Waals surface area contributed by atoms with Gasteiger partial charge in [0, 0.05) is 17.6 Å². The quantitative estimate of drug-likeness (QED) is 0.223. The van der Waals surface area contributed by atoms with Crippen molar-refractivity contribution in [2.75, 3.05) is 18.5 Å². The van der Waals surface area contributed by atoms with Gasteiger partial charge in [-0.05, 0) is 100.0 Å². The van der Waals surface area contributed by atoms with Crippen LogP contribution in [0, 0.1) is 0 Å². The third-order valence-electron chi connectivity index (χ3n) is 5.19. The summed E-state index contributed by atoms with van der Waals surface area (Å²) in [4.78, 5) is 37.6. The van der Waals surface area contributed by atoms with E-state index < -0.39 is 21.3 Å². The number of nitrogens with zero attached hydrogens (tertiary/aromatic N) is 1. The van der Waals surface area contributed by atoms with Crippen molar-refractivity contribution in [3.63, 3.8) is 0 Å². The zero-order chi connectivity index (χ0) is 28.2. The van der Waals surface area contributed by atoms with Crippen molar-refractivity contribution in [2.45, 2.75) is 11.8 Å². The fourth-order valence-corrected chi connectivity index (χ4v) is 5.90. The van der Waals surface area contributed by atoms with Crippen molar-refractivity contribution in [1.29, 1.82) is 0 Å². The van der Waals surface area contributed by atoms with Crippen LogP contribution in [0.15, 0.2) is 81.0 Å². The first-order valence-corrected chi connectivity index (χ1v) is 14.7. The number of imide groups is 1. The summed E-state index contributed by atoms with van der Waals surface area (Å²) in [5, 5.41) is 2.71. The number of carbonyl (C=O) groups is 3. The van der Waals surface area contributed by atoms with E-state index in [4.69, 9.17) is 20.5 Å². The number of halogens is 2. The highest BCUT2D eigenvalue weighted by atomic mass is 79.9. The van der Waals surface area contributed by atoms with Gasteiger partial charge in [-0.1, -0.05) is 17.7 Å². The summed E-state index contributed by atoms with van der Waals surface area (Å²) < 4.78 is 36.6. The lowest BCUT2D eigenvalue weighted by Crippen LogP contribution is -2.32. The van der Waals surface area contributed by atoms with Crippen molar-refractivity contribution in [3.05, 3.63) is 86.7 Å². The predicted molar refractivity (Wildman–Crippen MR) is 152 cm³/mol. The minimum atomic E-state index is -4.16. The lowest BCUT2D eigenvalue weighted by Gasteiger charge is -2.13.